The van der Waals surface area contributed by atoms with Gasteiger partial charge in [-0.15, -0.1) is 0 Å². The van der Waals surface area contributed by atoms with E-state index in [1.54, 1.807) is 19.2 Å². The third-order valence-corrected chi connectivity index (χ3v) is 3.45. The molecule has 2 N–H and O–H groups in total. The summed E-state index contributed by atoms with van der Waals surface area (Å²) in [5.74, 6) is 0.654. The molecule has 0 saturated heterocycles. The number of aromatic hydroxyl groups is 1. The zero-order valence-corrected chi connectivity index (χ0v) is 13.0. The molecule has 0 spiro atoms. The molecular formula is C17H22N2O2. The molecule has 0 amide bonds. The number of phenolic OH excluding ortho intramolecular Hbond substituents is 1. The van der Waals surface area contributed by atoms with Crippen molar-refractivity contribution >= 4 is 11.4 Å². The van der Waals surface area contributed by atoms with Gasteiger partial charge < -0.3 is 20.1 Å². The fraction of sp³-hybridized carbons (Fsp3) is 0.294. The molecule has 2 aromatic rings. The highest BCUT2D eigenvalue weighted by Gasteiger charge is 2.04. The van der Waals surface area contributed by atoms with Crippen molar-refractivity contribution in [2.75, 3.05) is 31.4 Å². The molecule has 2 rings (SSSR count). The molecule has 0 saturated carbocycles. The summed E-state index contributed by atoms with van der Waals surface area (Å²) in [6.45, 7) is 2.74. The first-order valence-electron chi connectivity index (χ1n) is 6.89. The Morgan fingerprint density at radius 3 is 2.48 bits per heavy atom. The average Bonchev–Trinajstić information content (AvgIpc) is 2.46. The van der Waals surface area contributed by atoms with Crippen LogP contribution in [0.1, 0.15) is 11.1 Å². The molecule has 112 valence electrons. The standard InChI is InChI=1S/C17H22N2O2/c1-12-9-14(19(2)3)6-7-15(12)18-11-13-5-8-17(21-4)16(20)10-13/h5-10,18,20H,11H2,1-4H3. The highest BCUT2D eigenvalue weighted by Crippen LogP contribution is 2.27. The van der Waals surface area contributed by atoms with Gasteiger partial charge in [-0.3, -0.25) is 0 Å². The Hall–Kier alpha value is -2.36. The number of methoxy groups -OCH3 is 1. The summed E-state index contributed by atoms with van der Waals surface area (Å²) >= 11 is 0. The first-order valence-corrected chi connectivity index (χ1v) is 6.89. The zero-order valence-electron chi connectivity index (χ0n) is 13.0. The van der Waals surface area contributed by atoms with Gasteiger partial charge in [-0.05, 0) is 48.4 Å². The van der Waals surface area contributed by atoms with Crippen LogP contribution in [0, 0.1) is 6.92 Å². The van der Waals surface area contributed by atoms with Crippen LogP contribution >= 0.6 is 0 Å². The maximum absolute atomic E-state index is 9.78. The summed E-state index contributed by atoms with van der Waals surface area (Å²) in [4.78, 5) is 2.08. The number of benzene rings is 2. The highest BCUT2D eigenvalue weighted by atomic mass is 16.5. The van der Waals surface area contributed by atoms with Crippen LogP contribution in [-0.2, 0) is 6.54 Å². The monoisotopic (exact) mass is 286 g/mol. The van der Waals surface area contributed by atoms with Crippen molar-refractivity contribution < 1.29 is 9.84 Å². The number of nitrogens with zero attached hydrogens (tertiary/aromatic N) is 1. The zero-order chi connectivity index (χ0) is 15.4. The molecule has 0 atom stereocenters. The lowest BCUT2D eigenvalue weighted by Gasteiger charge is -2.16. The molecule has 4 nitrogen and oxygen atoms in total. The Morgan fingerprint density at radius 2 is 1.90 bits per heavy atom. The van der Waals surface area contributed by atoms with Gasteiger partial charge in [0.1, 0.15) is 0 Å². The van der Waals surface area contributed by atoms with Crippen LogP contribution in [0.3, 0.4) is 0 Å². The number of hydrogen-bond acceptors (Lipinski definition) is 4. The topological polar surface area (TPSA) is 44.7 Å². The van der Waals surface area contributed by atoms with E-state index in [2.05, 4.69) is 35.3 Å². The van der Waals surface area contributed by atoms with Crippen LogP contribution in [0.4, 0.5) is 11.4 Å². The predicted molar refractivity (Wildman–Crippen MR) is 87.5 cm³/mol. The highest BCUT2D eigenvalue weighted by molar-refractivity contribution is 5.60. The number of anilines is 2. The molecule has 0 radical (unpaired) electrons. The molecule has 0 aliphatic carbocycles. The van der Waals surface area contributed by atoms with Crippen molar-refractivity contribution in [2.24, 2.45) is 0 Å². The van der Waals surface area contributed by atoms with Gasteiger partial charge >= 0.3 is 0 Å². The summed E-state index contributed by atoms with van der Waals surface area (Å²) in [5, 5.41) is 13.2. The summed E-state index contributed by atoms with van der Waals surface area (Å²) in [5.41, 5.74) is 4.47. The molecule has 0 bridgehead atoms. The van der Waals surface area contributed by atoms with Crippen LogP contribution in [0.15, 0.2) is 36.4 Å². The van der Waals surface area contributed by atoms with E-state index in [9.17, 15) is 5.11 Å². The first-order chi connectivity index (χ1) is 10.0. The normalized spacial score (nSPS) is 10.3. The van der Waals surface area contributed by atoms with Crippen molar-refractivity contribution in [3.05, 3.63) is 47.5 Å². The van der Waals surface area contributed by atoms with E-state index in [0.29, 0.717) is 12.3 Å². The minimum Gasteiger partial charge on any atom is -0.504 e. The van der Waals surface area contributed by atoms with Gasteiger partial charge in [0.05, 0.1) is 7.11 Å². The van der Waals surface area contributed by atoms with E-state index in [-0.39, 0.29) is 5.75 Å². The lowest BCUT2D eigenvalue weighted by atomic mass is 10.1. The largest absolute Gasteiger partial charge is 0.504 e. The van der Waals surface area contributed by atoms with Crippen LogP contribution in [0.25, 0.3) is 0 Å². The maximum atomic E-state index is 9.78. The third-order valence-electron chi connectivity index (χ3n) is 3.45. The lowest BCUT2D eigenvalue weighted by Crippen LogP contribution is -2.09. The fourth-order valence-electron chi connectivity index (χ4n) is 2.17. The quantitative estimate of drug-likeness (QED) is 0.884. The third kappa shape index (κ3) is 3.60. The van der Waals surface area contributed by atoms with E-state index in [4.69, 9.17) is 4.74 Å². The van der Waals surface area contributed by atoms with Crippen molar-refractivity contribution in [3.63, 3.8) is 0 Å². The molecule has 0 fully saturated rings. The summed E-state index contributed by atoms with van der Waals surface area (Å²) in [6, 6.07) is 11.7. The molecule has 0 aromatic heterocycles. The number of aryl methyl sites for hydroxylation is 1. The summed E-state index contributed by atoms with van der Waals surface area (Å²) in [7, 11) is 5.60. The smallest absolute Gasteiger partial charge is 0.160 e. The lowest BCUT2D eigenvalue weighted by molar-refractivity contribution is 0.373. The van der Waals surface area contributed by atoms with Gasteiger partial charge in [0.2, 0.25) is 0 Å². The minimum atomic E-state index is 0.163. The SMILES string of the molecule is COc1ccc(CNc2ccc(N(C)C)cc2C)cc1O. The number of phenols is 1. The molecule has 0 heterocycles. The van der Waals surface area contributed by atoms with E-state index < -0.39 is 0 Å². The number of rotatable bonds is 5. The molecular weight excluding hydrogens is 264 g/mol. The van der Waals surface area contributed by atoms with Crippen molar-refractivity contribution in [1.29, 1.82) is 0 Å². The van der Waals surface area contributed by atoms with Gasteiger partial charge in [0.25, 0.3) is 0 Å². The maximum Gasteiger partial charge on any atom is 0.160 e. The van der Waals surface area contributed by atoms with E-state index in [1.807, 2.05) is 20.2 Å². The Balaban J connectivity index is 2.08. The van der Waals surface area contributed by atoms with Crippen LogP contribution < -0.4 is 15.0 Å². The molecule has 0 aliphatic rings. The van der Waals surface area contributed by atoms with Gasteiger partial charge in [0.15, 0.2) is 11.5 Å². The number of nitrogens with one attached hydrogen (secondary N) is 1. The van der Waals surface area contributed by atoms with Gasteiger partial charge in [-0.25, -0.2) is 0 Å². The van der Waals surface area contributed by atoms with Crippen LogP contribution in [0.2, 0.25) is 0 Å². The van der Waals surface area contributed by atoms with E-state index in [1.165, 1.54) is 11.3 Å². The fourth-order valence-corrected chi connectivity index (χ4v) is 2.17. The second kappa shape index (κ2) is 6.39. The van der Waals surface area contributed by atoms with Gasteiger partial charge in [-0.2, -0.15) is 0 Å². The van der Waals surface area contributed by atoms with Crippen LogP contribution in [-0.4, -0.2) is 26.3 Å². The van der Waals surface area contributed by atoms with Crippen molar-refractivity contribution in [1.82, 2.24) is 0 Å². The average molecular weight is 286 g/mol. The Bertz CT molecular complexity index is 624. The summed E-state index contributed by atoms with van der Waals surface area (Å²) < 4.78 is 5.04. The number of ether oxygens (including phenoxy) is 1. The predicted octanol–water partition coefficient (Wildman–Crippen LogP) is 3.39. The van der Waals surface area contributed by atoms with Crippen molar-refractivity contribution in [3.8, 4) is 11.5 Å². The Morgan fingerprint density at radius 1 is 1.14 bits per heavy atom. The van der Waals surface area contributed by atoms with E-state index in [0.717, 1.165) is 11.3 Å². The molecule has 0 unspecified atom stereocenters. The number of hydrogen-bond donors (Lipinski definition) is 2. The second-order valence-corrected chi connectivity index (χ2v) is 5.25. The molecule has 0 aliphatic heterocycles. The molecule has 2 aromatic carbocycles. The van der Waals surface area contributed by atoms with Gasteiger partial charge in [-0.1, -0.05) is 6.07 Å². The van der Waals surface area contributed by atoms with E-state index >= 15 is 0 Å². The molecule has 21 heavy (non-hydrogen) atoms. The Labute approximate surface area is 126 Å². The van der Waals surface area contributed by atoms with Crippen molar-refractivity contribution in [2.45, 2.75) is 13.5 Å². The second-order valence-electron chi connectivity index (χ2n) is 5.25. The van der Waals surface area contributed by atoms with Gasteiger partial charge in [0, 0.05) is 32.0 Å². The first kappa shape index (κ1) is 15.0. The minimum absolute atomic E-state index is 0.163. The summed E-state index contributed by atoms with van der Waals surface area (Å²) in [6.07, 6.45) is 0. The van der Waals surface area contributed by atoms with Crippen LogP contribution in [0.5, 0.6) is 11.5 Å². The molecule has 4 heteroatoms. The Kier molecular flexibility index (Phi) is 4.58.